The molecule has 30 heavy (non-hydrogen) atoms. The highest BCUT2D eigenvalue weighted by atomic mass is 35.5. The molecule has 3 aromatic rings. The molecule has 0 unspecified atom stereocenters. The van der Waals surface area contributed by atoms with Crippen LogP contribution >= 0.6 is 12.4 Å². The Bertz CT molecular complexity index is 1100. The zero-order chi connectivity index (χ0) is 20.9. The van der Waals surface area contributed by atoms with Gasteiger partial charge in [-0.25, -0.2) is 13.1 Å². The van der Waals surface area contributed by atoms with E-state index in [1.54, 1.807) is 43.6 Å². The van der Waals surface area contributed by atoms with Crippen LogP contribution in [0.3, 0.4) is 0 Å². The SMILES string of the molecule is CC(=O)c1ccc(CCNC[C@@H](C)NS(=O)(=O)c2ccc3cnccc3c2)cc1.Cl. The third-order valence-electron chi connectivity index (χ3n) is 4.68. The molecular formula is C22H26ClN3O3S. The predicted octanol–water partition coefficient (Wildman–Crippen LogP) is 3.36. The van der Waals surface area contributed by atoms with Crippen molar-refractivity contribution in [3.63, 3.8) is 0 Å². The van der Waals surface area contributed by atoms with Crippen molar-refractivity contribution in [3.05, 3.63) is 72.1 Å². The number of hydrogen-bond donors (Lipinski definition) is 2. The van der Waals surface area contributed by atoms with E-state index < -0.39 is 10.0 Å². The van der Waals surface area contributed by atoms with Crippen molar-refractivity contribution in [3.8, 4) is 0 Å². The van der Waals surface area contributed by atoms with Crippen LogP contribution < -0.4 is 10.0 Å². The van der Waals surface area contributed by atoms with Crippen molar-refractivity contribution in [1.82, 2.24) is 15.0 Å². The number of halogens is 1. The minimum atomic E-state index is -3.60. The van der Waals surface area contributed by atoms with Gasteiger partial charge in [-0.15, -0.1) is 12.4 Å². The molecule has 0 aliphatic carbocycles. The molecule has 0 bridgehead atoms. The maximum atomic E-state index is 12.6. The molecule has 0 spiro atoms. The molecular weight excluding hydrogens is 422 g/mol. The van der Waals surface area contributed by atoms with Gasteiger partial charge < -0.3 is 5.32 Å². The van der Waals surface area contributed by atoms with E-state index in [0.29, 0.717) is 18.7 Å². The second-order valence-corrected chi connectivity index (χ2v) is 8.83. The minimum Gasteiger partial charge on any atom is -0.315 e. The predicted molar refractivity (Wildman–Crippen MR) is 122 cm³/mol. The van der Waals surface area contributed by atoms with Crippen LogP contribution in [0.5, 0.6) is 0 Å². The summed E-state index contributed by atoms with van der Waals surface area (Å²) >= 11 is 0. The molecule has 8 heteroatoms. The fourth-order valence-electron chi connectivity index (χ4n) is 3.06. The lowest BCUT2D eigenvalue weighted by Gasteiger charge is -2.15. The van der Waals surface area contributed by atoms with Crippen LogP contribution in [0.1, 0.15) is 29.8 Å². The lowest BCUT2D eigenvalue weighted by atomic mass is 10.1. The number of ketones is 1. The first-order valence-electron chi connectivity index (χ1n) is 9.52. The smallest absolute Gasteiger partial charge is 0.240 e. The van der Waals surface area contributed by atoms with E-state index in [-0.39, 0.29) is 29.1 Å². The van der Waals surface area contributed by atoms with E-state index >= 15 is 0 Å². The molecule has 0 saturated heterocycles. The molecule has 160 valence electrons. The topological polar surface area (TPSA) is 88.2 Å². The highest BCUT2D eigenvalue weighted by Crippen LogP contribution is 2.18. The average molecular weight is 448 g/mol. The van der Waals surface area contributed by atoms with Gasteiger partial charge in [0.25, 0.3) is 0 Å². The second kappa shape index (κ2) is 10.6. The Morgan fingerprint density at radius 2 is 1.80 bits per heavy atom. The molecule has 2 aromatic carbocycles. The van der Waals surface area contributed by atoms with E-state index in [1.807, 2.05) is 31.2 Å². The van der Waals surface area contributed by atoms with Crippen LogP contribution in [-0.2, 0) is 16.4 Å². The van der Waals surface area contributed by atoms with Crippen molar-refractivity contribution in [2.24, 2.45) is 0 Å². The number of carbonyl (C=O) groups excluding carboxylic acids is 1. The summed E-state index contributed by atoms with van der Waals surface area (Å²) in [6, 6.07) is 14.1. The lowest BCUT2D eigenvalue weighted by Crippen LogP contribution is -2.40. The van der Waals surface area contributed by atoms with Gasteiger partial charge in [0.15, 0.2) is 5.78 Å². The van der Waals surface area contributed by atoms with Crippen LogP contribution in [0.2, 0.25) is 0 Å². The maximum absolute atomic E-state index is 12.6. The van der Waals surface area contributed by atoms with Gasteiger partial charge in [-0.05, 0) is 56.0 Å². The van der Waals surface area contributed by atoms with Crippen LogP contribution in [0.25, 0.3) is 10.8 Å². The monoisotopic (exact) mass is 447 g/mol. The number of sulfonamides is 1. The number of benzene rings is 2. The number of pyridine rings is 1. The van der Waals surface area contributed by atoms with Crippen molar-refractivity contribution < 1.29 is 13.2 Å². The Hall–Kier alpha value is -2.32. The highest BCUT2D eigenvalue weighted by Gasteiger charge is 2.17. The van der Waals surface area contributed by atoms with Crippen LogP contribution in [0.4, 0.5) is 0 Å². The van der Waals surface area contributed by atoms with E-state index in [2.05, 4.69) is 15.0 Å². The van der Waals surface area contributed by atoms with Crippen LogP contribution in [0, 0.1) is 0 Å². The summed E-state index contributed by atoms with van der Waals surface area (Å²) in [5.74, 6) is 0.0545. The molecule has 1 aromatic heterocycles. The fourth-order valence-corrected chi connectivity index (χ4v) is 4.34. The summed E-state index contributed by atoms with van der Waals surface area (Å²) in [4.78, 5) is 15.6. The number of rotatable bonds is 9. The van der Waals surface area contributed by atoms with Gasteiger partial charge in [0.2, 0.25) is 10.0 Å². The average Bonchev–Trinajstić information content (AvgIpc) is 2.71. The van der Waals surface area contributed by atoms with Crippen molar-refractivity contribution in [2.45, 2.75) is 31.2 Å². The first kappa shape index (κ1) is 24.0. The molecule has 0 fully saturated rings. The summed E-state index contributed by atoms with van der Waals surface area (Å²) < 4.78 is 28.0. The largest absolute Gasteiger partial charge is 0.315 e. The number of hydrogen-bond acceptors (Lipinski definition) is 5. The van der Waals surface area contributed by atoms with Gasteiger partial charge in [0.1, 0.15) is 0 Å². The molecule has 0 amide bonds. The Balaban J connectivity index is 0.00000320. The van der Waals surface area contributed by atoms with Crippen LogP contribution in [0.15, 0.2) is 65.8 Å². The van der Waals surface area contributed by atoms with E-state index in [9.17, 15) is 13.2 Å². The van der Waals surface area contributed by atoms with Crippen molar-refractivity contribution in [2.75, 3.05) is 13.1 Å². The number of Topliss-reactive ketones (excluding diaryl/α,β-unsaturated/α-hetero) is 1. The third-order valence-corrected chi connectivity index (χ3v) is 6.27. The van der Waals surface area contributed by atoms with Gasteiger partial charge >= 0.3 is 0 Å². The molecule has 0 aliphatic rings. The quantitative estimate of drug-likeness (QED) is 0.388. The maximum Gasteiger partial charge on any atom is 0.240 e. The third kappa shape index (κ3) is 6.34. The van der Waals surface area contributed by atoms with E-state index in [1.165, 1.54) is 0 Å². The first-order valence-corrected chi connectivity index (χ1v) is 11.0. The second-order valence-electron chi connectivity index (χ2n) is 7.11. The lowest BCUT2D eigenvalue weighted by molar-refractivity contribution is 0.101. The molecule has 6 nitrogen and oxygen atoms in total. The molecule has 3 rings (SSSR count). The van der Waals surface area contributed by atoms with Gasteiger partial charge in [-0.3, -0.25) is 9.78 Å². The zero-order valence-corrected chi connectivity index (χ0v) is 18.6. The Kier molecular flexibility index (Phi) is 8.49. The molecule has 1 atom stereocenters. The van der Waals surface area contributed by atoms with Crippen molar-refractivity contribution in [1.29, 1.82) is 0 Å². The summed E-state index contributed by atoms with van der Waals surface area (Å²) in [5.41, 5.74) is 1.83. The summed E-state index contributed by atoms with van der Waals surface area (Å²) in [7, 11) is -3.60. The molecule has 2 N–H and O–H groups in total. The molecule has 0 radical (unpaired) electrons. The molecule has 0 aliphatic heterocycles. The Morgan fingerprint density at radius 3 is 2.50 bits per heavy atom. The number of aromatic nitrogens is 1. The molecule has 0 saturated carbocycles. The van der Waals surface area contributed by atoms with E-state index in [4.69, 9.17) is 0 Å². The number of carbonyl (C=O) groups is 1. The summed E-state index contributed by atoms with van der Waals surface area (Å²) in [6.45, 7) is 4.61. The van der Waals surface area contributed by atoms with Crippen molar-refractivity contribution >= 4 is 39.0 Å². The summed E-state index contributed by atoms with van der Waals surface area (Å²) in [5, 5.41) is 5.01. The van der Waals surface area contributed by atoms with Crippen LogP contribution in [-0.4, -0.2) is 38.3 Å². The van der Waals surface area contributed by atoms with Gasteiger partial charge in [0, 0.05) is 35.9 Å². The number of nitrogens with one attached hydrogen (secondary N) is 2. The zero-order valence-electron chi connectivity index (χ0n) is 17.0. The number of fused-ring (bicyclic) bond motifs is 1. The van der Waals surface area contributed by atoms with Gasteiger partial charge in [0.05, 0.1) is 4.90 Å². The fraction of sp³-hybridized carbons (Fsp3) is 0.273. The van der Waals surface area contributed by atoms with Gasteiger partial charge in [-0.2, -0.15) is 0 Å². The standard InChI is InChI=1S/C22H25N3O3S.ClH/c1-16(14-23-11-9-18-3-5-19(6-4-18)17(2)26)25-29(27,28)22-8-7-21-15-24-12-10-20(21)13-22;/h3-8,10,12-13,15-16,23,25H,9,11,14H2,1-2H3;1H/t16-;/m1./s1. The normalized spacial score (nSPS) is 12.3. The molecule has 1 heterocycles. The first-order chi connectivity index (χ1) is 13.8. The van der Waals surface area contributed by atoms with E-state index in [0.717, 1.165) is 22.8 Å². The Labute approximate surface area is 183 Å². The number of nitrogens with zero attached hydrogens (tertiary/aromatic N) is 1. The Morgan fingerprint density at radius 1 is 1.07 bits per heavy atom. The minimum absolute atomic E-state index is 0. The van der Waals surface area contributed by atoms with Gasteiger partial charge in [-0.1, -0.05) is 30.3 Å². The summed E-state index contributed by atoms with van der Waals surface area (Å²) in [6.07, 6.45) is 4.15. The highest BCUT2D eigenvalue weighted by molar-refractivity contribution is 7.89.